The number of nitrogen functional groups attached to an aromatic ring is 1. The van der Waals surface area contributed by atoms with E-state index in [1.54, 1.807) is 12.1 Å². The van der Waals surface area contributed by atoms with Gasteiger partial charge in [0.15, 0.2) is 5.78 Å². The van der Waals surface area contributed by atoms with Gasteiger partial charge in [0.1, 0.15) is 0 Å². The summed E-state index contributed by atoms with van der Waals surface area (Å²) in [6.45, 7) is 0. The second-order valence-electron chi connectivity index (χ2n) is 4.17. The van der Waals surface area contributed by atoms with Gasteiger partial charge in [-0.15, -0.1) is 11.3 Å². The third kappa shape index (κ3) is 2.17. The highest BCUT2D eigenvalue weighted by Crippen LogP contribution is 2.34. The summed E-state index contributed by atoms with van der Waals surface area (Å²) in [5.41, 5.74) is 7.28. The Morgan fingerprint density at radius 3 is 2.47 bits per heavy atom. The Morgan fingerprint density at radius 1 is 1.05 bits per heavy atom. The number of ketones is 1. The van der Waals surface area contributed by atoms with Crippen LogP contribution in [0.5, 0.6) is 0 Å². The molecule has 0 aliphatic carbocycles. The second kappa shape index (κ2) is 4.79. The molecule has 3 aromatic rings. The fourth-order valence-corrected chi connectivity index (χ4v) is 3.28. The van der Waals surface area contributed by atoms with Gasteiger partial charge in [-0.25, -0.2) is 0 Å². The SMILES string of the molecule is Nc1sc2ccccc2c1C(=O)c1ccc(Br)cc1. The summed E-state index contributed by atoms with van der Waals surface area (Å²) >= 11 is 4.82. The number of hydrogen-bond acceptors (Lipinski definition) is 3. The summed E-state index contributed by atoms with van der Waals surface area (Å²) in [7, 11) is 0. The molecule has 2 aromatic carbocycles. The van der Waals surface area contributed by atoms with Crippen molar-refractivity contribution in [1.82, 2.24) is 0 Å². The lowest BCUT2D eigenvalue weighted by atomic mass is 10.0. The minimum atomic E-state index is -0.0255. The summed E-state index contributed by atoms with van der Waals surface area (Å²) < 4.78 is 1.99. The number of benzene rings is 2. The predicted octanol–water partition coefficient (Wildman–Crippen LogP) is 4.48. The highest BCUT2D eigenvalue weighted by molar-refractivity contribution is 9.10. The van der Waals surface area contributed by atoms with Crippen LogP contribution in [-0.4, -0.2) is 5.78 Å². The van der Waals surface area contributed by atoms with Gasteiger partial charge in [0.2, 0.25) is 0 Å². The maximum Gasteiger partial charge on any atom is 0.196 e. The smallest absolute Gasteiger partial charge is 0.196 e. The Hall–Kier alpha value is -1.65. The Labute approximate surface area is 123 Å². The number of halogens is 1. The minimum Gasteiger partial charge on any atom is -0.390 e. The van der Waals surface area contributed by atoms with E-state index in [4.69, 9.17) is 5.73 Å². The Morgan fingerprint density at radius 2 is 1.74 bits per heavy atom. The number of hydrogen-bond donors (Lipinski definition) is 1. The highest BCUT2D eigenvalue weighted by atomic mass is 79.9. The van der Waals surface area contributed by atoms with E-state index < -0.39 is 0 Å². The van der Waals surface area contributed by atoms with Crippen molar-refractivity contribution in [2.45, 2.75) is 0 Å². The normalized spacial score (nSPS) is 10.8. The first kappa shape index (κ1) is 12.4. The van der Waals surface area contributed by atoms with Gasteiger partial charge in [-0.2, -0.15) is 0 Å². The number of nitrogens with two attached hydrogens (primary N) is 1. The van der Waals surface area contributed by atoms with Crippen LogP contribution in [-0.2, 0) is 0 Å². The first-order chi connectivity index (χ1) is 9.16. The van der Waals surface area contributed by atoms with Crippen molar-refractivity contribution in [2.24, 2.45) is 0 Å². The minimum absolute atomic E-state index is 0.0255. The van der Waals surface area contributed by atoms with Gasteiger partial charge in [-0.1, -0.05) is 34.1 Å². The molecule has 3 rings (SSSR count). The molecule has 0 unspecified atom stereocenters. The fourth-order valence-electron chi connectivity index (χ4n) is 2.04. The average Bonchev–Trinajstić information content (AvgIpc) is 2.74. The molecule has 1 heterocycles. The van der Waals surface area contributed by atoms with E-state index in [-0.39, 0.29) is 5.78 Å². The van der Waals surface area contributed by atoms with Crippen LogP contribution in [0, 0.1) is 0 Å². The predicted molar refractivity (Wildman–Crippen MR) is 83.8 cm³/mol. The summed E-state index contributed by atoms with van der Waals surface area (Å²) in [6.07, 6.45) is 0. The molecule has 2 nitrogen and oxygen atoms in total. The molecule has 0 aliphatic heterocycles. The molecule has 19 heavy (non-hydrogen) atoms. The lowest BCUT2D eigenvalue weighted by Gasteiger charge is -2.01. The van der Waals surface area contributed by atoms with Crippen LogP contribution in [0.3, 0.4) is 0 Å². The van der Waals surface area contributed by atoms with Gasteiger partial charge in [0.05, 0.1) is 10.6 Å². The van der Waals surface area contributed by atoms with Crippen molar-refractivity contribution in [2.75, 3.05) is 5.73 Å². The molecule has 4 heteroatoms. The summed E-state index contributed by atoms with van der Waals surface area (Å²) in [4.78, 5) is 12.6. The molecule has 1 aromatic heterocycles. The molecule has 0 fully saturated rings. The van der Waals surface area contributed by atoms with E-state index in [0.717, 1.165) is 14.6 Å². The lowest BCUT2D eigenvalue weighted by molar-refractivity contribution is 0.104. The standard InChI is InChI=1S/C15H10BrNOS/c16-10-7-5-9(6-8-10)14(18)13-11-3-1-2-4-12(11)19-15(13)17/h1-8H,17H2. The molecule has 0 amide bonds. The van der Waals surface area contributed by atoms with Crippen molar-refractivity contribution in [3.05, 3.63) is 64.1 Å². The maximum absolute atomic E-state index is 12.6. The van der Waals surface area contributed by atoms with E-state index >= 15 is 0 Å². The molecule has 0 spiro atoms. The van der Waals surface area contributed by atoms with Gasteiger partial charge in [0.25, 0.3) is 0 Å². The first-order valence-electron chi connectivity index (χ1n) is 5.74. The van der Waals surface area contributed by atoms with Crippen LogP contribution in [0.1, 0.15) is 15.9 Å². The number of carbonyl (C=O) groups excluding carboxylic acids is 1. The zero-order valence-electron chi connectivity index (χ0n) is 9.89. The molecular formula is C15H10BrNOS. The third-order valence-electron chi connectivity index (χ3n) is 2.96. The van der Waals surface area contributed by atoms with Crippen LogP contribution in [0.25, 0.3) is 10.1 Å². The van der Waals surface area contributed by atoms with Crippen molar-refractivity contribution in [3.63, 3.8) is 0 Å². The Bertz CT molecular complexity index is 761. The molecule has 0 atom stereocenters. The van der Waals surface area contributed by atoms with Gasteiger partial charge in [-0.05, 0) is 30.3 Å². The topological polar surface area (TPSA) is 43.1 Å². The number of thiophene rings is 1. The fraction of sp³-hybridized carbons (Fsp3) is 0. The summed E-state index contributed by atoms with van der Waals surface area (Å²) in [6, 6.07) is 15.1. The van der Waals surface area contributed by atoms with Crippen LogP contribution in [0.15, 0.2) is 53.0 Å². The lowest BCUT2D eigenvalue weighted by Crippen LogP contribution is -2.03. The molecule has 2 N–H and O–H groups in total. The van der Waals surface area contributed by atoms with Gasteiger partial charge in [0, 0.05) is 20.1 Å². The first-order valence-corrected chi connectivity index (χ1v) is 7.35. The highest BCUT2D eigenvalue weighted by Gasteiger charge is 2.18. The summed E-state index contributed by atoms with van der Waals surface area (Å²) in [5.74, 6) is -0.0255. The average molecular weight is 332 g/mol. The number of anilines is 1. The molecule has 0 aliphatic rings. The largest absolute Gasteiger partial charge is 0.390 e. The molecular weight excluding hydrogens is 322 g/mol. The molecule has 0 saturated heterocycles. The van der Waals surface area contributed by atoms with Crippen LogP contribution >= 0.6 is 27.3 Å². The molecule has 0 bridgehead atoms. The van der Waals surface area contributed by atoms with E-state index in [1.807, 2.05) is 36.4 Å². The summed E-state index contributed by atoms with van der Waals surface area (Å²) in [5, 5.41) is 1.51. The van der Waals surface area contributed by atoms with Gasteiger partial charge >= 0.3 is 0 Å². The van der Waals surface area contributed by atoms with E-state index in [2.05, 4.69) is 15.9 Å². The van der Waals surface area contributed by atoms with E-state index in [1.165, 1.54) is 11.3 Å². The van der Waals surface area contributed by atoms with Crippen molar-refractivity contribution in [3.8, 4) is 0 Å². The third-order valence-corrected chi connectivity index (χ3v) is 4.48. The molecule has 0 radical (unpaired) electrons. The monoisotopic (exact) mass is 331 g/mol. The maximum atomic E-state index is 12.6. The van der Waals surface area contributed by atoms with Gasteiger partial charge < -0.3 is 5.73 Å². The number of carbonyl (C=O) groups is 1. The number of fused-ring (bicyclic) bond motifs is 1. The Kier molecular flexibility index (Phi) is 3.12. The van der Waals surface area contributed by atoms with Crippen LogP contribution < -0.4 is 5.73 Å². The second-order valence-corrected chi connectivity index (χ2v) is 6.17. The molecule has 0 saturated carbocycles. The quantitative estimate of drug-likeness (QED) is 0.703. The van der Waals surface area contributed by atoms with Crippen LogP contribution in [0.2, 0.25) is 0 Å². The van der Waals surface area contributed by atoms with Crippen LogP contribution in [0.4, 0.5) is 5.00 Å². The van der Waals surface area contributed by atoms with Crippen molar-refractivity contribution >= 4 is 48.1 Å². The van der Waals surface area contributed by atoms with E-state index in [0.29, 0.717) is 16.1 Å². The zero-order chi connectivity index (χ0) is 13.4. The van der Waals surface area contributed by atoms with E-state index in [9.17, 15) is 4.79 Å². The zero-order valence-corrected chi connectivity index (χ0v) is 12.3. The van der Waals surface area contributed by atoms with Crippen molar-refractivity contribution in [1.29, 1.82) is 0 Å². The number of rotatable bonds is 2. The molecule has 94 valence electrons. The van der Waals surface area contributed by atoms with Gasteiger partial charge in [-0.3, -0.25) is 4.79 Å². The van der Waals surface area contributed by atoms with Crippen molar-refractivity contribution < 1.29 is 4.79 Å². The Balaban J connectivity index is 2.16.